The highest BCUT2D eigenvalue weighted by Gasteiger charge is 2.17. The molecule has 0 aliphatic rings. The van der Waals surface area contributed by atoms with Gasteiger partial charge in [-0.15, -0.1) is 0 Å². The summed E-state index contributed by atoms with van der Waals surface area (Å²) in [6, 6.07) is 6.00. The first-order chi connectivity index (χ1) is 7.06. The van der Waals surface area contributed by atoms with Crippen molar-refractivity contribution in [2.75, 3.05) is 7.11 Å². The molecular formula is C11H12Br2O2. The van der Waals surface area contributed by atoms with Gasteiger partial charge < -0.3 is 4.74 Å². The smallest absolute Gasteiger partial charge is 0.319 e. The molecule has 0 amide bonds. The third kappa shape index (κ3) is 3.31. The lowest BCUT2D eigenvalue weighted by Gasteiger charge is -2.10. The van der Waals surface area contributed by atoms with E-state index in [1.807, 2.05) is 25.1 Å². The van der Waals surface area contributed by atoms with Gasteiger partial charge in [-0.05, 0) is 24.5 Å². The van der Waals surface area contributed by atoms with Crippen molar-refractivity contribution < 1.29 is 9.53 Å². The molecular weight excluding hydrogens is 324 g/mol. The Bertz CT molecular complexity index is 364. The standard InChI is InChI=1S/C11H12Br2O2/c1-7-4-3-5-8(10(7)13)6-9(12)11(14)15-2/h3-5,9H,6H2,1-2H3. The molecule has 0 spiro atoms. The zero-order valence-electron chi connectivity index (χ0n) is 8.59. The Balaban J connectivity index is 2.81. The molecule has 0 fully saturated rings. The van der Waals surface area contributed by atoms with Gasteiger partial charge in [0.05, 0.1) is 7.11 Å². The largest absolute Gasteiger partial charge is 0.468 e. The van der Waals surface area contributed by atoms with Crippen molar-refractivity contribution >= 4 is 37.8 Å². The number of ether oxygens (including phenoxy) is 1. The second-order valence-electron chi connectivity index (χ2n) is 3.24. The Morgan fingerprint density at radius 2 is 2.20 bits per heavy atom. The van der Waals surface area contributed by atoms with Crippen LogP contribution in [-0.2, 0) is 16.0 Å². The third-order valence-corrected chi connectivity index (χ3v) is 3.96. The fourth-order valence-electron chi connectivity index (χ4n) is 1.27. The number of alkyl halides is 1. The van der Waals surface area contributed by atoms with E-state index in [2.05, 4.69) is 36.6 Å². The van der Waals surface area contributed by atoms with E-state index in [1.165, 1.54) is 7.11 Å². The Morgan fingerprint density at radius 1 is 1.53 bits per heavy atom. The van der Waals surface area contributed by atoms with E-state index in [-0.39, 0.29) is 10.8 Å². The molecule has 0 aliphatic carbocycles. The molecule has 0 aliphatic heterocycles. The van der Waals surface area contributed by atoms with Gasteiger partial charge in [0.15, 0.2) is 0 Å². The van der Waals surface area contributed by atoms with Crippen LogP contribution in [0, 0.1) is 6.92 Å². The van der Waals surface area contributed by atoms with E-state index in [0.717, 1.165) is 15.6 Å². The van der Waals surface area contributed by atoms with Gasteiger partial charge in [-0.2, -0.15) is 0 Å². The number of halogens is 2. The highest BCUT2D eigenvalue weighted by molar-refractivity contribution is 9.10. The SMILES string of the molecule is COC(=O)C(Br)Cc1cccc(C)c1Br. The highest BCUT2D eigenvalue weighted by Crippen LogP contribution is 2.24. The predicted molar refractivity (Wildman–Crippen MR) is 67.3 cm³/mol. The maximum absolute atomic E-state index is 11.2. The van der Waals surface area contributed by atoms with Crippen molar-refractivity contribution in [2.45, 2.75) is 18.2 Å². The molecule has 0 aromatic heterocycles. The van der Waals surface area contributed by atoms with Crippen molar-refractivity contribution in [3.63, 3.8) is 0 Å². The summed E-state index contributed by atoms with van der Waals surface area (Å²) in [6.45, 7) is 2.02. The molecule has 1 aromatic rings. The number of benzene rings is 1. The molecule has 0 N–H and O–H groups in total. The second-order valence-corrected chi connectivity index (χ2v) is 5.14. The molecule has 1 rings (SSSR count). The fraction of sp³-hybridized carbons (Fsp3) is 0.364. The Kier molecular flexibility index (Phi) is 4.80. The highest BCUT2D eigenvalue weighted by atomic mass is 79.9. The number of carbonyl (C=O) groups is 1. The molecule has 82 valence electrons. The molecule has 1 atom stereocenters. The third-order valence-electron chi connectivity index (χ3n) is 2.13. The molecule has 0 radical (unpaired) electrons. The van der Waals surface area contributed by atoms with Gasteiger partial charge >= 0.3 is 5.97 Å². The molecule has 4 heteroatoms. The summed E-state index contributed by atoms with van der Waals surface area (Å²) >= 11 is 6.81. The van der Waals surface area contributed by atoms with Gasteiger partial charge in [-0.1, -0.05) is 50.1 Å². The number of methoxy groups -OCH3 is 1. The molecule has 1 unspecified atom stereocenters. The predicted octanol–water partition coefficient (Wildman–Crippen LogP) is 3.24. The van der Waals surface area contributed by atoms with E-state index >= 15 is 0 Å². The van der Waals surface area contributed by atoms with Crippen molar-refractivity contribution in [1.29, 1.82) is 0 Å². The number of aryl methyl sites for hydroxylation is 1. The summed E-state index contributed by atoms with van der Waals surface area (Å²) in [5, 5.41) is 0. The second kappa shape index (κ2) is 5.66. The number of esters is 1. The summed E-state index contributed by atoms with van der Waals surface area (Å²) in [5.74, 6) is -0.247. The first-order valence-corrected chi connectivity index (χ1v) is 6.23. The maximum Gasteiger partial charge on any atom is 0.319 e. The quantitative estimate of drug-likeness (QED) is 0.626. The van der Waals surface area contributed by atoms with Crippen molar-refractivity contribution in [2.24, 2.45) is 0 Å². The van der Waals surface area contributed by atoms with E-state index in [4.69, 9.17) is 0 Å². The van der Waals surface area contributed by atoms with E-state index < -0.39 is 0 Å². The lowest BCUT2D eigenvalue weighted by molar-refractivity contribution is -0.139. The minimum Gasteiger partial charge on any atom is -0.468 e. The van der Waals surface area contributed by atoms with Crippen LogP contribution in [-0.4, -0.2) is 17.9 Å². The van der Waals surface area contributed by atoms with E-state index in [1.54, 1.807) is 0 Å². The lowest BCUT2D eigenvalue weighted by Crippen LogP contribution is -2.18. The summed E-state index contributed by atoms with van der Waals surface area (Å²) in [5.41, 5.74) is 2.26. The minimum atomic E-state index is -0.291. The van der Waals surface area contributed by atoms with Gasteiger partial charge in [0, 0.05) is 4.47 Å². The number of rotatable bonds is 3. The van der Waals surface area contributed by atoms with E-state index in [0.29, 0.717) is 6.42 Å². The first-order valence-electron chi connectivity index (χ1n) is 4.52. The van der Waals surface area contributed by atoms with Crippen LogP contribution >= 0.6 is 31.9 Å². The molecule has 0 bridgehead atoms. The summed E-state index contributed by atoms with van der Waals surface area (Å²) < 4.78 is 5.71. The van der Waals surface area contributed by atoms with Gasteiger partial charge in [0.25, 0.3) is 0 Å². The van der Waals surface area contributed by atoms with Crippen LogP contribution in [0.5, 0.6) is 0 Å². The lowest BCUT2D eigenvalue weighted by atomic mass is 10.1. The Morgan fingerprint density at radius 3 is 2.80 bits per heavy atom. The minimum absolute atomic E-state index is 0.247. The fourth-order valence-corrected chi connectivity index (χ4v) is 2.23. The van der Waals surface area contributed by atoms with Gasteiger partial charge in [0.1, 0.15) is 4.83 Å². The average molecular weight is 336 g/mol. The number of carbonyl (C=O) groups excluding carboxylic acids is 1. The Hall–Kier alpha value is -0.350. The molecule has 0 heterocycles. The van der Waals surface area contributed by atoms with Crippen molar-refractivity contribution in [3.05, 3.63) is 33.8 Å². The van der Waals surface area contributed by atoms with Crippen LogP contribution in [0.1, 0.15) is 11.1 Å². The van der Waals surface area contributed by atoms with Gasteiger partial charge in [0.2, 0.25) is 0 Å². The summed E-state index contributed by atoms with van der Waals surface area (Å²) in [6.07, 6.45) is 0.620. The Labute approximate surface area is 106 Å². The normalized spacial score (nSPS) is 12.3. The zero-order chi connectivity index (χ0) is 11.4. The van der Waals surface area contributed by atoms with Crippen LogP contribution in [0.3, 0.4) is 0 Å². The monoisotopic (exact) mass is 334 g/mol. The van der Waals surface area contributed by atoms with Crippen LogP contribution in [0.15, 0.2) is 22.7 Å². The summed E-state index contributed by atoms with van der Waals surface area (Å²) in [7, 11) is 1.39. The average Bonchev–Trinajstić information content (AvgIpc) is 2.23. The van der Waals surface area contributed by atoms with Crippen molar-refractivity contribution in [3.8, 4) is 0 Å². The topological polar surface area (TPSA) is 26.3 Å². The van der Waals surface area contributed by atoms with E-state index in [9.17, 15) is 4.79 Å². The van der Waals surface area contributed by atoms with Crippen LogP contribution in [0.2, 0.25) is 0 Å². The van der Waals surface area contributed by atoms with Crippen LogP contribution < -0.4 is 0 Å². The van der Waals surface area contributed by atoms with Crippen molar-refractivity contribution in [1.82, 2.24) is 0 Å². The van der Waals surface area contributed by atoms with Crippen LogP contribution in [0.4, 0.5) is 0 Å². The number of hydrogen-bond donors (Lipinski definition) is 0. The molecule has 15 heavy (non-hydrogen) atoms. The number of hydrogen-bond acceptors (Lipinski definition) is 2. The molecule has 0 saturated carbocycles. The van der Waals surface area contributed by atoms with Gasteiger partial charge in [-0.25, -0.2) is 0 Å². The maximum atomic E-state index is 11.2. The molecule has 2 nitrogen and oxygen atoms in total. The zero-order valence-corrected chi connectivity index (χ0v) is 11.8. The summed E-state index contributed by atoms with van der Waals surface area (Å²) in [4.78, 5) is 10.9. The molecule has 0 saturated heterocycles. The van der Waals surface area contributed by atoms with Crippen LogP contribution in [0.25, 0.3) is 0 Å². The van der Waals surface area contributed by atoms with Gasteiger partial charge in [-0.3, -0.25) is 4.79 Å². The molecule has 1 aromatic carbocycles. The first kappa shape index (κ1) is 12.7.